The van der Waals surface area contributed by atoms with Crippen LogP contribution in [0.5, 0.6) is 0 Å². The Bertz CT molecular complexity index is 712. The summed E-state index contributed by atoms with van der Waals surface area (Å²) in [4.78, 5) is 24.0. The van der Waals surface area contributed by atoms with Crippen molar-refractivity contribution in [3.63, 3.8) is 0 Å². The Kier molecular flexibility index (Phi) is 3.52. The van der Waals surface area contributed by atoms with Crippen LogP contribution in [-0.4, -0.2) is 17.7 Å². The minimum Gasteiger partial charge on any atom is -0.346 e. The Hall–Kier alpha value is -2.13. The lowest BCUT2D eigenvalue weighted by atomic mass is 9.93. The SMILES string of the molecule is CC1NC(=O)C(c2ccc(-c3ccccc3)cc2Cl)C1=O. The third kappa shape index (κ3) is 2.45. The van der Waals surface area contributed by atoms with E-state index in [4.69, 9.17) is 11.6 Å². The number of benzene rings is 2. The van der Waals surface area contributed by atoms with Crippen molar-refractivity contribution >= 4 is 23.3 Å². The maximum absolute atomic E-state index is 12.1. The van der Waals surface area contributed by atoms with Gasteiger partial charge in [-0.15, -0.1) is 0 Å². The largest absolute Gasteiger partial charge is 0.346 e. The van der Waals surface area contributed by atoms with E-state index in [0.29, 0.717) is 10.6 Å². The summed E-state index contributed by atoms with van der Waals surface area (Å²) in [6, 6.07) is 14.8. The number of rotatable bonds is 2. The van der Waals surface area contributed by atoms with Crippen LogP contribution in [0.4, 0.5) is 0 Å². The van der Waals surface area contributed by atoms with E-state index >= 15 is 0 Å². The highest BCUT2D eigenvalue weighted by atomic mass is 35.5. The number of nitrogens with one attached hydrogen (secondary N) is 1. The fourth-order valence-corrected chi connectivity index (χ4v) is 2.90. The summed E-state index contributed by atoms with van der Waals surface area (Å²) in [6.07, 6.45) is 0. The van der Waals surface area contributed by atoms with E-state index in [1.165, 1.54) is 0 Å². The molecular weight excluding hydrogens is 286 g/mol. The van der Waals surface area contributed by atoms with Gasteiger partial charge in [-0.1, -0.05) is 54.1 Å². The highest BCUT2D eigenvalue weighted by Crippen LogP contribution is 2.33. The number of halogens is 1. The molecule has 2 atom stereocenters. The zero-order valence-electron chi connectivity index (χ0n) is 11.5. The van der Waals surface area contributed by atoms with Crippen LogP contribution in [0.15, 0.2) is 48.5 Å². The predicted octanol–water partition coefficient (Wildman–Crippen LogP) is 3.18. The van der Waals surface area contributed by atoms with Gasteiger partial charge in [-0.3, -0.25) is 9.59 Å². The summed E-state index contributed by atoms with van der Waals surface area (Å²) in [5.41, 5.74) is 2.58. The van der Waals surface area contributed by atoms with E-state index < -0.39 is 12.0 Å². The minimum absolute atomic E-state index is 0.130. The molecule has 2 aromatic carbocycles. The van der Waals surface area contributed by atoms with E-state index in [1.54, 1.807) is 19.1 Å². The maximum atomic E-state index is 12.1. The van der Waals surface area contributed by atoms with Crippen LogP contribution >= 0.6 is 11.6 Å². The van der Waals surface area contributed by atoms with Crippen molar-refractivity contribution in [3.8, 4) is 11.1 Å². The summed E-state index contributed by atoms with van der Waals surface area (Å²) in [5, 5.41) is 3.08. The molecule has 1 fully saturated rings. The summed E-state index contributed by atoms with van der Waals surface area (Å²) in [5.74, 6) is -1.20. The molecule has 2 unspecified atom stereocenters. The smallest absolute Gasteiger partial charge is 0.235 e. The molecule has 0 bridgehead atoms. The Morgan fingerprint density at radius 2 is 1.71 bits per heavy atom. The number of ketones is 1. The van der Waals surface area contributed by atoms with Crippen molar-refractivity contribution in [1.82, 2.24) is 5.32 Å². The molecular formula is C17H14ClNO2. The average molecular weight is 300 g/mol. The molecule has 0 aromatic heterocycles. The number of hydrogen-bond acceptors (Lipinski definition) is 2. The van der Waals surface area contributed by atoms with Crippen molar-refractivity contribution in [2.45, 2.75) is 18.9 Å². The number of Topliss-reactive ketones (excluding diaryl/α,β-unsaturated/α-hetero) is 1. The second-order valence-electron chi connectivity index (χ2n) is 5.17. The lowest BCUT2D eigenvalue weighted by Gasteiger charge is -2.11. The van der Waals surface area contributed by atoms with Crippen LogP contribution in [0.25, 0.3) is 11.1 Å². The minimum atomic E-state index is -0.794. The molecule has 1 saturated heterocycles. The van der Waals surface area contributed by atoms with Gasteiger partial charge in [0, 0.05) is 5.02 Å². The van der Waals surface area contributed by atoms with E-state index in [2.05, 4.69) is 5.32 Å². The molecule has 1 aliphatic heterocycles. The number of carbonyl (C=O) groups is 2. The van der Waals surface area contributed by atoms with Gasteiger partial charge in [0.25, 0.3) is 0 Å². The van der Waals surface area contributed by atoms with Gasteiger partial charge < -0.3 is 5.32 Å². The average Bonchev–Trinajstić information content (AvgIpc) is 2.74. The normalized spacial score (nSPS) is 21.4. The summed E-state index contributed by atoms with van der Waals surface area (Å²) >= 11 is 6.31. The molecule has 3 nitrogen and oxygen atoms in total. The van der Waals surface area contributed by atoms with Crippen molar-refractivity contribution in [1.29, 1.82) is 0 Å². The zero-order chi connectivity index (χ0) is 15.0. The molecule has 4 heteroatoms. The highest BCUT2D eigenvalue weighted by Gasteiger charge is 2.40. The summed E-state index contributed by atoms with van der Waals surface area (Å²) in [7, 11) is 0. The fraction of sp³-hybridized carbons (Fsp3) is 0.176. The lowest BCUT2D eigenvalue weighted by molar-refractivity contribution is -0.124. The molecule has 1 aliphatic rings. The van der Waals surface area contributed by atoms with E-state index in [1.807, 2.05) is 36.4 Å². The van der Waals surface area contributed by atoms with Crippen LogP contribution in [-0.2, 0) is 9.59 Å². The molecule has 3 rings (SSSR count). The molecule has 2 aromatic rings. The summed E-state index contributed by atoms with van der Waals surface area (Å²) < 4.78 is 0. The molecule has 1 N–H and O–H groups in total. The molecule has 0 radical (unpaired) electrons. The van der Waals surface area contributed by atoms with E-state index in [0.717, 1.165) is 11.1 Å². The fourth-order valence-electron chi connectivity index (χ4n) is 2.61. The third-order valence-corrected chi connectivity index (χ3v) is 4.08. The molecule has 1 amide bonds. The van der Waals surface area contributed by atoms with Gasteiger partial charge in [0.05, 0.1) is 6.04 Å². The van der Waals surface area contributed by atoms with Crippen LogP contribution < -0.4 is 5.32 Å². The van der Waals surface area contributed by atoms with Crippen molar-refractivity contribution < 1.29 is 9.59 Å². The van der Waals surface area contributed by atoms with Crippen LogP contribution in [0, 0.1) is 0 Å². The van der Waals surface area contributed by atoms with Crippen molar-refractivity contribution in [2.75, 3.05) is 0 Å². The van der Waals surface area contributed by atoms with E-state index in [-0.39, 0.29) is 11.7 Å². The molecule has 0 spiro atoms. The maximum Gasteiger partial charge on any atom is 0.235 e. The van der Waals surface area contributed by atoms with Crippen LogP contribution in [0.2, 0.25) is 5.02 Å². The standard InChI is InChI=1S/C17H14ClNO2/c1-10-16(20)15(17(21)19-10)13-8-7-12(9-14(13)18)11-5-3-2-4-6-11/h2-10,15H,1H3,(H,19,21). The summed E-state index contributed by atoms with van der Waals surface area (Å²) in [6.45, 7) is 1.69. The molecule has 0 aliphatic carbocycles. The van der Waals surface area contributed by atoms with E-state index in [9.17, 15) is 9.59 Å². The third-order valence-electron chi connectivity index (χ3n) is 3.75. The second-order valence-corrected chi connectivity index (χ2v) is 5.58. The predicted molar refractivity (Wildman–Crippen MR) is 82.2 cm³/mol. The van der Waals surface area contributed by atoms with Gasteiger partial charge >= 0.3 is 0 Å². The van der Waals surface area contributed by atoms with Crippen molar-refractivity contribution in [3.05, 3.63) is 59.1 Å². The Labute approximate surface area is 127 Å². The quantitative estimate of drug-likeness (QED) is 0.866. The zero-order valence-corrected chi connectivity index (χ0v) is 12.2. The van der Waals surface area contributed by atoms with Gasteiger partial charge in [0.2, 0.25) is 5.91 Å². The number of amides is 1. The number of hydrogen-bond donors (Lipinski definition) is 1. The highest BCUT2D eigenvalue weighted by molar-refractivity contribution is 6.33. The van der Waals surface area contributed by atoms with Gasteiger partial charge in [0.15, 0.2) is 5.78 Å². The number of carbonyl (C=O) groups excluding carboxylic acids is 2. The molecule has 1 heterocycles. The monoisotopic (exact) mass is 299 g/mol. The van der Waals surface area contributed by atoms with Crippen LogP contribution in [0.3, 0.4) is 0 Å². The molecule has 106 valence electrons. The van der Waals surface area contributed by atoms with Crippen molar-refractivity contribution in [2.24, 2.45) is 0 Å². The molecule has 21 heavy (non-hydrogen) atoms. The Morgan fingerprint density at radius 1 is 1.00 bits per heavy atom. The van der Waals surface area contributed by atoms with Gasteiger partial charge in [-0.05, 0) is 29.7 Å². The Morgan fingerprint density at radius 3 is 2.29 bits per heavy atom. The first kappa shape index (κ1) is 13.8. The van der Waals surface area contributed by atoms with Gasteiger partial charge in [-0.25, -0.2) is 0 Å². The van der Waals surface area contributed by atoms with Crippen LogP contribution in [0.1, 0.15) is 18.4 Å². The molecule has 0 saturated carbocycles. The first-order chi connectivity index (χ1) is 10.1. The Balaban J connectivity index is 1.99. The first-order valence-electron chi connectivity index (χ1n) is 6.77. The topological polar surface area (TPSA) is 46.2 Å². The first-order valence-corrected chi connectivity index (χ1v) is 7.14. The second kappa shape index (κ2) is 5.34. The van der Waals surface area contributed by atoms with Gasteiger partial charge in [0.1, 0.15) is 5.92 Å². The van der Waals surface area contributed by atoms with Gasteiger partial charge in [-0.2, -0.15) is 0 Å². The lowest BCUT2D eigenvalue weighted by Crippen LogP contribution is -2.25.